The summed E-state index contributed by atoms with van der Waals surface area (Å²) in [7, 11) is 3.09. The molecule has 9 nitrogen and oxygen atoms in total. The van der Waals surface area contributed by atoms with Gasteiger partial charge in [-0.2, -0.15) is 0 Å². The molecule has 5 rings (SSSR count). The first kappa shape index (κ1) is 27.6. The Balaban J connectivity index is 1.67. The number of anilines is 1. The monoisotopic (exact) mass is 546 g/mol. The van der Waals surface area contributed by atoms with Crippen molar-refractivity contribution in [3.8, 4) is 11.5 Å². The number of benzene rings is 2. The van der Waals surface area contributed by atoms with Crippen LogP contribution in [-0.4, -0.2) is 53.0 Å². The van der Waals surface area contributed by atoms with Gasteiger partial charge in [0.2, 0.25) is 11.8 Å². The van der Waals surface area contributed by atoms with E-state index in [4.69, 9.17) is 9.47 Å². The van der Waals surface area contributed by atoms with Gasteiger partial charge in [-0.25, -0.2) is 0 Å². The van der Waals surface area contributed by atoms with Crippen molar-refractivity contribution in [3.63, 3.8) is 0 Å². The van der Waals surface area contributed by atoms with Crippen LogP contribution in [0, 0.1) is 0 Å². The first-order valence-electron chi connectivity index (χ1n) is 14.0. The van der Waals surface area contributed by atoms with Crippen LogP contribution in [0.5, 0.6) is 11.5 Å². The van der Waals surface area contributed by atoms with Crippen LogP contribution in [0.2, 0.25) is 0 Å². The number of hydrogen-bond donors (Lipinski definition) is 2. The predicted molar refractivity (Wildman–Crippen MR) is 154 cm³/mol. The van der Waals surface area contributed by atoms with Crippen molar-refractivity contribution < 1.29 is 23.9 Å². The van der Waals surface area contributed by atoms with Gasteiger partial charge in [-0.1, -0.05) is 56.0 Å². The molecular formula is C31H38N4O5. The number of nitrogens with one attached hydrogen (secondary N) is 2. The standard InChI is InChI=1S/C31H38N4O5/c1-20(36)32-27-23-16-25(39-3)26(40-4)17-24(23)34-19-31(2,30(38)33-22-14-10-5-6-11-15-22)35(29(37)28(27)34)18-21-12-8-7-9-13-21/h7-9,12-13,16-17,22H,5-6,10-11,14-15,18-19H2,1-4H3,(H,32,36)(H,33,38)/t31-/m0/s1. The SMILES string of the molecule is COc1cc2c(NC(C)=O)c3n(c2cc1OC)C[C@@](C)(C(=O)NC1CCCCCC1)N(Cc1ccccc1)C3=O. The van der Waals surface area contributed by atoms with E-state index in [0.29, 0.717) is 33.8 Å². The Morgan fingerprint density at radius 2 is 1.65 bits per heavy atom. The van der Waals surface area contributed by atoms with Gasteiger partial charge < -0.3 is 29.6 Å². The molecule has 2 aliphatic rings. The van der Waals surface area contributed by atoms with E-state index >= 15 is 0 Å². The third-order valence-electron chi connectivity index (χ3n) is 8.24. The number of carbonyl (C=O) groups is 3. The molecule has 2 N–H and O–H groups in total. The summed E-state index contributed by atoms with van der Waals surface area (Å²) in [6.07, 6.45) is 6.41. The summed E-state index contributed by atoms with van der Waals surface area (Å²) in [6.45, 7) is 3.72. The highest BCUT2D eigenvalue weighted by molar-refractivity contribution is 6.15. The number of aromatic nitrogens is 1. The summed E-state index contributed by atoms with van der Waals surface area (Å²) in [6, 6.07) is 13.3. The Hall–Kier alpha value is -4.01. The van der Waals surface area contributed by atoms with Crippen LogP contribution in [0.25, 0.3) is 10.9 Å². The van der Waals surface area contributed by atoms with Gasteiger partial charge in [0.05, 0.1) is 32.0 Å². The van der Waals surface area contributed by atoms with Crippen molar-refractivity contribution in [2.75, 3.05) is 19.5 Å². The Morgan fingerprint density at radius 3 is 2.27 bits per heavy atom. The molecule has 1 fully saturated rings. The number of fused-ring (bicyclic) bond motifs is 3. The lowest BCUT2D eigenvalue weighted by molar-refractivity contribution is -0.134. The van der Waals surface area contributed by atoms with Gasteiger partial charge in [0.15, 0.2) is 11.5 Å². The quantitative estimate of drug-likeness (QED) is 0.412. The Labute approximate surface area is 234 Å². The predicted octanol–water partition coefficient (Wildman–Crippen LogP) is 4.87. The maximum atomic E-state index is 14.5. The number of carbonyl (C=O) groups excluding carboxylic acids is 3. The molecule has 1 aliphatic carbocycles. The van der Waals surface area contributed by atoms with Crippen LogP contribution in [0.1, 0.15) is 68.4 Å². The number of rotatable bonds is 7. The van der Waals surface area contributed by atoms with Crippen molar-refractivity contribution in [3.05, 3.63) is 53.7 Å². The van der Waals surface area contributed by atoms with Crippen molar-refractivity contribution >= 4 is 34.3 Å². The number of methoxy groups -OCH3 is 2. The van der Waals surface area contributed by atoms with Gasteiger partial charge >= 0.3 is 0 Å². The molecule has 40 heavy (non-hydrogen) atoms. The third-order valence-corrected chi connectivity index (χ3v) is 8.24. The molecular weight excluding hydrogens is 508 g/mol. The fourth-order valence-corrected chi connectivity index (χ4v) is 6.08. The molecule has 0 spiro atoms. The van der Waals surface area contributed by atoms with Gasteiger partial charge in [-0.3, -0.25) is 14.4 Å². The lowest BCUT2D eigenvalue weighted by Crippen LogP contribution is -2.64. The lowest BCUT2D eigenvalue weighted by Gasteiger charge is -2.45. The van der Waals surface area contributed by atoms with E-state index in [0.717, 1.165) is 31.2 Å². The highest BCUT2D eigenvalue weighted by Gasteiger charge is 2.49. The van der Waals surface area contributed by atoms with E-state index in [1.807, 2.05) is 41.8 Å². The fraction of sp³-hybridized carbons (Fsp3) is 0.452. The van der Waals surface area contributed by atoms with Crippen LogP contribution in [0.3, 0.4) is 0 Å². The van der Waals surface area contributed by atoms with Gasteiger partial charge in [0.1, 0.15) is 11.2 Å². The summed E-state index contributed by atoms with van der Waals surface area (Å²) in [5.41, 5.74) is 1.14. The minimum atomic E-state index is -1.18. The Morgan fingerprint density at radius 1 is 1.00 bits per heavy atom. The van der Waals surface area contributed by atoms with E-state index < -0.39 is 5.54 Å². The second kappa shape index (κ2) is 11.2. The lowest BCUT2D eigenvalue weighted by atomic mass is 9.92. The molecule has 1 saturated carbocycles. The number of hydrogen-bond acceptors (Lipinski definition) is 5. The number of amides is 3. The maximum Gasteiger partial charge on any atom is 0.273 e. The number of ether oxygens (including phenoxy) is 2. The average molecular weight is 547 g/mol. The summed E-state index contributed by atoms with van der Waals surface area (Å²) in [4.78, 5) is 42.6. The van der Waals surface area contributed by atoms with E-state index in [1.165, 1.54) is 19.8 Å². The molecule has 212 valence electrons. The first-order chi connectivity index (χ1) is 19.3. The van der Waals surface area contributed by atoms with Gasteiger partial charge in [-0.05, 0) is 31.4 Å². The Kier molecular flexibility index (Phi) is 7.74. The van der Waals surface area contributed by atoms with E-state index in [2.05, 4.69) is 10.6 Å². The third kappa shape index (κ3) is 5.00. The molecule has 1 atom stereocenters. The average Bonchev–Trinajstić information content (AvgIpc) is 3.08. The van der Waals surface area contributed by atoms with E-state index in [-0.39, 0.29) is 36.9 Å². The van der Waals surface area contributed by atoms with E-state index in [9.17, 15) is 14.4 Å². The van der Waals surface area contributed by atoms with Crippen LogP contribution < -0.4 is 20.1 Å². The molecule has 2 aromatic carbocycles. The number of nitrogens with zero attached hydrogens (tertiary/aromatic N) is 2. The normalized spacial score (nSPS) is 19.6. The summed E-state index contributed by atoms with van der Waals surface area (Å²) in [5.74, 6) is 0.177. The van der Waals surface area contributed by atoms with Crippen molar-refractivity contribution in [2.45, 2.75) is 77.0 Å². The zero-order chi connectivity index (χ0) is 28.4. The molecule has 0 unspecified atom stereocenters. The molecule has 9 heteroatoms. The van der Waals surface area contributed by atoms with Gasteiger partial charge in [0, 0.05) is 31.0 Å². The first-order valence-corrected chi connectivity index (χ1v) is 14.0. The topological polar surface area (TPSA) is 102 Å². The molecule has 3 aromatic rings. The highest BCUT2D eigenvalue weighted by Crippen LogP contribution is 2.43. The van der Waals surface area contributed by atoms with Crippen molar-refractivity contribution in [1.29, 1.82) is 0 Å². The molecule has 0 bridgehead atoms. The fourth-order valence-electron chi connectivity index (χ4n) is 6.08. The molecule has 3 amide bonds. The second-order valence-corrected chi connectivity index (χ2v) is 11.0. The van der Waals surface area contributed by atoms with Crippen LogP contribution >= 0.6 is 0 Å². The van der Waals surface area contributed by atoms with Crippen molar-refractivity contribution in [1.82, 2.24) is 14.8 Å². The second-order valence-electron chi connectivity index (χ2n) is 11.0. The smallest absolute Gasteiger partial charge is 0.273 e. The zero-order valence-corrected chi connectivity index (χ0v) is 23.7. The molecule has 1 aliphatic heterocycles. The zero-order valence-electron chi connectivity index (χ0n) is 23.7. The molecule has 0 saturated heterocycles. The summed E-state index contributed by atoms with van der Waals surface area (Å²) >= 11 is 0. The Bertz CT molecular complexity index is 1420. The van der Waals surface area contributed by atoms with Crippen LogP contribution in [-0.2, 0) is 22.7 Å². The van der Waals surface area contributed by atoms with E-state index in [1.54, 1.807) is 31.3 Å². The molecule has 2 heterocycles. The maximum absolute atomic E-state index is 14.5. The molecule has 1 aromatic heterocycles. The van der Waals surface area contributed by atoms with Crippen LogP contribution in [0.15, 0.2) is 42.5 Å². The minimum absolute atomic E-state index is 0.0857. The van der Waals surface area contributed by atoms with Gasteiger partial charge in [0.25, 0.3) is 5.91 Å². The highest BCUT2D eigenvalue weighted by atomic mass is 16.5. The van der Waals surface area contributed by atoms with Crippen LogP contribution in [0.4, 0.5) is 5.69 Å². The largest absolute Gasteiger partial charge is 0.493 e. The molecule has 0 radical (unpaired) electrons. The van der Waals surface area contributed by atoms with Crippen molar-refractivity contribution in [2.24, 2.45) is 0 Å². The summed E-state index contributed by atoms with van der Waals surface area (Å²) in [5, 5.41) is 6.83. The van der Waals surface area contributed by atoms with Gasteiger partial charge in [-0.15, -0.1) is 0 Å². The summed E-state index contributed by atoms with van der Waals surface area (Å²) < 4.78 is 12.9. The minimum Gasteiger partial charge on any atom is -0.493 e.